The molecule has 0 saturated heterocycles. The molecule has 0 aliphatic rings. The van der Waals surface area contributed by atoms with E-state index in [4.69, 9.17) is 23.1 Å². The number of amides is 1. The van der Waals surface area contributed by atoms with Crippen LogP contribution in [-0.2, 0) is 4.79 Å². The number of hydrogen-bond acceptors (Lipinski definition) is 6. The molecule has 1 heterocycles. The Morgan fingerprint density at radius 3 is 2.17 bits per heavy atom. The van der Waals surface area contributed by atoms with Gasteiger partial charge in [-0.2, -0.15) is 4.99 Å². The summed E-state index contributed by atoms with van der Waals surface area (Å²) in [5.41, 5.74) is 1.96. The number of rotatable bonds is 2. The van der Waals surface area contributed by atoms with E-state index in [0.29, 0.717) is 6.42 Å². The second-order valence-corrected chi connectivity index (χ2v) is 5.61. The fraction of sp³-hybridized carbons (Fsp3) is 0.250. The lowest BCUT2D eigenvalue weighted by atomic mass is 10.1. The van der Waals surface area contributed by atoms with Crippen molar-refractivity contribution in [2.24, 2.45) is 0 Å². The van der Waals surface area contributed by atoms with Gasteiger partial charge in [0.1, 0.15) is 11.5 Å². The Balaban J connectivity index is 0.000000505. The van der Waals surface area contributed by atoms with E-state index in [-0.39, 0.29) is 5.91 Å². The lowest BCUT2D eigenvalue weighted by Gasteiger charge is -2.17. The highest BCUT2D eigenvalue weighted by atomic mass is 35.7. The molecular weight excluding hydrogens is 338 g/mol. The van der Waals surface area contributed by atoms with Crippen molar-refractivity contribution in [3.8, 4) is 11.3 Å². The highest BCUT2D eigenvalue weighted by molar-refractivity contribution is 5.64. The average molecular weight is 356 g/mol. The quantitative estimate of drug-likeness (QED) is 0.600. The second-order valence-electron chi connectivity index (χ2n) is 4.85. The average Bonchev–Trinajstić information content (AvgIpc) is 2.50. The third-order valence-electron chi connectivity index (χ3n) is 3.12. The molecule has 0 atom stereocenters. The van der Waals surface area contributed by atoms with Crippen molar-refractivity contribution in [3.05, 3.63) is 53.1 Å². The molecule has 0 unspecified atom stereocenters. The third kappa shape index (κ3) is 7.03. The number of carbonyl (C=O) groups excluding carboxylic acids is 1. The number of halogens is 1. The first-order chi connectivity index (χ1) is 11.1. The number of carbonyl (C=O) groups is 1. The van der Waals surface area contributed by atoms with Gasteiger partial charge in [0.15, 0.2) is 0 Å². The van der Waals surface area contributed by atoms with Gasteiger partial charge in [-0.3, -0.25) is 0 Å². The Bertz CT molecular complexity index is 743. The lowest BCUT2D eigenvalue weighted by Crippen LogP contribution is -2.81. The van der Waals surface area contributed by atoms with Gasteiger partial charge in [0.25, 0.3) is 0 Å². The van der Waals surface area contributed by atoms with Crippen molar-refractivity contribution in [1.29, 1.82) is 0 Å². The molecule has 2 rings (SSSR count). The summed E-state index contributed by atoms with van der Waals surface area (Å²) in [6.07, 6.45) is 0.463. The molecule has 0 saturated carbocycles. The minimum Gasteiger partial charge on any atom is -0.461 e. The van der Waals surface area contributed by atoms with Crippen LogP contribution in [0.3, 0.4) is 0 Å². The molecule has 1 N–H and O–H groups in total. The molecule has 1 amide bonds. The SMILES string of the molecule is CCC(=O)[NH+]=c1cc(-c2ccccc2)oc(C)c1C.[O-][Cl+3]([O-])([O-])[O-]. The van der Waals surface area contributed by atoms with E-state index in [1.807, 2.05) is 57.2 Å². The summed E-state index contributed by atoms with van der Waals surface area (Å²) in [5, 5.41) is 0.814. The van der Waals surface area contributed by atoms with Crippen molar-refractivity contribution in [3.63, 3.8) is 0 Å². The molecule has 2 aromatic rings. The number of hydrogen-bond donors (Lipinski definition) is 1. The summed E-state index contributed by atoms with van der Waals surface area (Å²) in [7, 11) is -4.94. The van der Waals surface area contributed by atoms with E-state index < -0.39 is 10.2 Å². The van der Waals surface area contributed by atoms with Crippen LogP contribution in [0, 0.1) is 24.1 Å². The summed E-state index contributed by atoms with van der Waals surface area (Å²) in [4.78, 5) is 14.5. The van der Waals surface area contributed by atoms with Crippen LogP contribution in [0.1, 0.15) is 24.7 Å². The summed E-state index contributed by atoms with van der Waals surface area (Å²) >= 11 is 0. The van der Waals surface area contributed by atoms with Crippen LogP contribution in [0.2, 0.25) is 0 Å². The van der Waals surface area contributed by atoms with E-state index in [9.17, 15) is 4.79 Å². The zero-order chi connectivity index (χ0) is 18.3. The Kier molecular flexibility index (Phi) is 7.27. The van der Waals surface area contributed by atoms with Gasteiger partial charge in [-0.1, -0.05) is 37.3 Å². The molecule has 0 fully saturated rings. The summed E-state index contributed by atoms with van der Waals surface area (Å²) in [6.45, 7) is 5.69. The van der Waals surface area contributed by atoms with E-state index >= 15 is 0 Å². The highest BCUT2D eigenvalue weighted by Gasteiger charge is 2.10. The van der Waals surface area contributed by atoms with Gasteiger partial charge in [0.05, 0.1) is 18.1 Å². The minimum atomic E-state index is -4.94. The minimum absolute atomic E-state index is 0.00714. The van der Waals surface area contributed by atoms with Crippen LogP contribution in [0.15, 0.2) is 40.8 Å². The maximum atomic E-state index is 11.6. The zero-order valence-electron chi connectivity index (χ0n) is 13.5. The van der Waals surface area contributed by atoms with Crippen LogP contribution in [0.25, 0.3) is 11.3 Å². The van der Waals surface area contributed by atoms with Gasteiger partial charge in [-0.15, -0.1) is 10.2 Å². The van der Waals surface area contributed by atoms with Crippen molar-refractivity contribution in [2.75, 3.05) is 0 Å². The molecule has 8 heteroatoms. The Morgan fingerprint density at radius 1 is 1.12 bits per heavy atom. The van der Waals surface area contributed by atoms with Crippen LogP contribution >= 0.6 is 0 Å². The van der Waals surface area contributed by atoms with Crippen LogP contribution in [0.4, 0.5) is 0 Å². The number of nitrogens with one attached hydrogen (secondary N) is 1. The number of benzene rings is 1. The topological polar surface area (TPSA) is 136 Å². The maximum Gasteiger partial charge on any atom is 0.385 e. The zero-order valence-corrected chi connectivity index (χ0v) is 14.3. The second kappa shape index (κ2) is 8.72. The molecule has 1 aromatic carbocycles. The smallest absolute Gasteiger partial charge is 0.385 e. The third-order valence-corrected chi connectivity index (χ3v) is 3.12. The van der Waals surface area contributed by atoms with E-state index in [2.05, 4.69) is 4.99 Å². The van der Waals surface area contributed by atoms with Crippen molar-refractivity contribution in [2.45, 2.75) is 27.2 Å². The van der Waals surface area contributed by atoms with Crippen molar-refractivity contribution < 1.29 is 43.1 Å². The normalized spacial score (nSPS) is 11.7. The first-order valence-corrected chi connectivity index (χ1v) is 8.26. The van der Waals surface area contributed by atoms with Gasteiger partial charge in [-0.05, 0) is 13.8 Å². The first-order valence-electron chi connectivity index (χ1n) is 7.03. The standard InChI is InChI=1S/C16H17NO2.ClHO4/c1-4-16(18)17-14-10-15(19-12(3)11(14)2)13-8-6-5-7-9-13;2-1(3,4)5/h5-10H,4H2,1-3H3;(H,2,3,4,5). The lowest BCUT2D eigenvalue weighted by molar-refractivity contribution is -2.00. The Morgan fingerprint density at radius 2 is 1.67 bits per heavy atom. The molecule has 0 spiro atoms. The summed E-state index contributed by atoms with van der Waals surface area (Å²) in [5.74, 6) is 1.58. The van der Waals surface area contributed by atoms with Gasteiger partial charge in [0, 0.05) is 5.56 Å². The van der Waals surface area contributed by atoms with Crippen LogP contribution in [0.5, 0.6) is 0 Å². The van der Waals surface area contributed by atoms with Gasteiger partial charge >= 0.3 is 5.91 Å². The Hall–Kier alpha value is -2.03. The maximum absolute atomic E-state index is 11.6. The highest BCUT2D eigenvalue weighted by Crippen LogP contribution is 2.18. The van der Waals surface area contributed by atoms with Crippen molar-refractivity contribution in [1.82, 2.24) is 0 Å². The van der Waals surface area contributed by atoms with Gasteiger partial charge in [0.2, 0.25) is 5.36 Å². The van der Waals surface area contributed by atoms with Crippen molar-refractivity contribution >= 4 is 5.91 Å². The molecule has 130 valence electrons. The molecule has 7 nitrogen and oxygen atoms in total. The van der Waals surface area contributed by atoms with E-state index in [1.54, 1.807) is 0 Å². The summed E-state index contributed by atoms with van der Waals surface area (Å²) in [6, 6.07) is 11.7. The molecule has 0 aliphatic heterocycles. The fourth-order valence-corrected chi connectivity index (χ4v) is 1.81. The molecule has 0 radical (unpaired) electrons. The number of aryl methyl sites for hydroxylation is 1. The Labute approximate surface area is 141 Å². The van der Waals surface area contributed by atoms with Gasteiger partial charge in [-0.25, -0.2) is 23.4 Å². The van der Waals surface area contributed by atoms with Gasteiger partial charge < -0.3 is 4.42 Å². The molecular formula is C16H18ClNO6. The predicted molar refractivity (Wildman–Crippen MR) is 73.0 cm³/mol. The van der Waals surface area contributed by atoms with Crippen LogP contribution < -0.4 is 29.0 Å². The largest absolute Gasteiger partial charge is 0.461 e. The van der Waals surface area contributed by atoms with Crippen LogP contribution in [-0.4, -0.2) is 5.91 Å². The predicted octanol–water partition coefficient (Wildman–Crippen LogP) is -3.27. The monoisotopic (exact) mass is 355 g/mol. The summed E-state index contributed by atoms with van der Waals surface area (Å²) < 4.78 is 39.8. The fourth-order valence-electron chi connectivity index (χ4n) is 1.81. The van der Waals surface area contributed by atoms with E-state index in [0.717, 1.165) is 28.0 Å². The molecule has 1 aromatic heterocycles. The first kappa shape index (κ1) is 20.0. The molecule has 24 heavy (non-hydrogen) atoms. The van der Waals surface area contributed by atoms with E-state index in [1.165, 1.54) is 0 Å². The molecule has 0 bridgehead atoms. The molecule has 0 aliphatic carbocycles.